The first-order chi connectivity index (χ1) is 10.0. The molecule has 2 aromatic rings. The summed E-state index contributed by atoms with van der Waals surface area (Å²) in [5.74, 6) is 0.411. The van der Waals surface area contributed by atoms with Crippen LogP contribution in [-0.4, -0.2) is 34.2 Å². The highest BCUT2D eigenvalue weighted by Crippen LogP contribution is 2.16. The minimum atomic E-state index is -0.0662. The molecule has 5 nitrogen and oxygen atoms in total. The summed E-state index contributed by atoms with van der Waals surface area (Å²) < 4.78 is 1.64. The Kier molecular flexibility index (Phi) is 4.62. The molecule has 2 rings (SSSR count). The maximum absolute atomic E-state index is 12.3. The van der Waals surface area contributed by atoms with Crippen molar-refractivity contribution < 1.29 is 4.79 Å². The molecule has 0 aliphatic rings. The number of aromatic nitrogens is 2. The molecule has 0 radical (unpaired) electrons. The molecule has 1 amide bonds. The molecule has 0 fully saturated rings. The predicted molar refractivity (Wildman–Crippen MR) is 84.4 cm³/mol. The van der Waals surface area contributed by atoms with Crippen LogP contribution >= 0.6 is 0 Å². The summed E-state index contributed by atoms with van der Waals surface area (Å²) in [6.45, 7) is 4.98. The zero-order valence-corrected chi connectivity index (χ0v) is 12.8. The quantitative estimate of drug-likeness (QED) is 0.859. The Bertz CT molecular complexity index is 620. The summed E-state index contributed by atoms with van der Waals surface area (Å²) in [6.07, 6.45) is 2.81. The molecular weight excluding hydrogens is 264 g/mol. The standard InChI is InChI=1S/C16H22N4O/c1-4-12(2)11-19(3)16(21)14-9-10-20(18-14)15-8-6-5-7-13(15)17/h5-10,12H,4,11,17H2,1-3H3. The fraction of sp³-hybridized carbons (Fsp3) is 0.375. The van der Waals surface area contributed by atoms with E-state index in [2.05, 4.69) is 18.9 Å². The molecule has 0 saturated carbocycles. The van der Waals surface area contributed by atoms with E-state index in [9.17, 15) is 4.79 Å². The van der Waals surface area contributed by atoms with Crippen LogP contribution in [0.5, 0.6) is 0 Å². The van der Waals surface area contributed by atoms with Crippen LogP contribution in [-0.2, 0) is 0 Å². The van der Waals surface area contributed by atoms with Crippen molar-refractivity contribution in [2.24, 2.45) is 5.92 Å². The number of anilines is 1. The molecule has 1 aromatic heterocycles. The third-order valence-corrected chi connectivity index (χ3v) is 3.62. The fourth-order valence-electron chi connectivity index (χ4n) is 2.14. The number of nitrogens with two attached hydrogens (primary N) is 1. The Balaban J connectivity index is 2.16. The second-order valence-corrected chi connectivity index (χ2v) is 5.40. The van der Waals surface area contributed by atoms with Gasteiger partial charge in [0.1, 0.15) is 0 Å². The van der Waals surface area contributed by atoms with E-state index < -0.39 is 0 Å². The van der Waals surface area contributed by atoms with Gasteiger partial charge in [-0.25, -0.2) is 4.68 Å². The van der Waals surface area contributed by atoms with Crippen LogP contribution in [0.25, 0.3) is 5.69 Å². The number of carbonyl (C=O) groups excluding carboxylic acids is 1. The number of amides is 1. The van der Waals surface area contributed by atoms with E-state index in [4.69, 9.17) is 5.73 Å². The van der Waals surface area contributed by atoms with Gasteiger partial charge < -0.3 is 10.6 Å². The largest absolute Gasteiger partial charge is 0.397 e. The molecule has 112 valence electrons. The SMILES string of the molecule is CCC(C)CN(C)C(=O)c1ccn(-c2ccccc2N)n1. The van der Waals surface area contributed by atoms with Gasteiger partial charge in [-0.05, 0) is 24.1 Å². The first-order valence-corrected chi connectivity index (χ1v) is 7.19. The van der Waals surface area contributed by atoms with Gasteiger partial charge in [0, 0.05) is 19.8 Å². The van der Waals surface area contributed by atoms with Crippen LogP contribution in [0.3, 0.4) is 0 Å². The monoisotopic (exact) mass is 286 g/mol. The zero-order valence-electron chi connectivity index (χ0n) is 12.8. The van der Waals surface area contributed by atoms with Gasteiger partial charge in [-0.3, -0.25) is 4.79 Å². The number of benzene rings is 1. The molecule has 1 unspecified atom stereocenters. The van der Waals surface area contributed by atoms with E-state index >= 15 is 0 Å². The lowest BCUT2D eigenvalue weighted by atomic mass is 10.1. The Labute approximate surface area is 125 Å². The van der Waals surface area contributed by atoms with Crippen molar-refractivity contribution >= 4 is 11.6 Å². The average Bonchev–Trinajstić information content (AvgIpc) is 2.96. The molecule has 0 aliphatic heterocycles. The van der Waals surface area contributed by atoms with Crippen molar-refractivity contribution in [3.05, 3.63) is 42.2 Å². The average molecular weight is 286 g/mol. The number of hydrogen-bond acceptors (Lipinski definition) is 3. The summed E-state index contributed by atoms with van der Waals surface area (Å²) >= 11 is 0. The van der Waals surface area contributed by atoms with E-state index in [1.54, 1.807) is 21.8 Å². The van der Waals surface area contributed by atoms with Crippen molar-refractivity contribution in [1.82, 2.24) is 14.7 Å². The molecule has 1 heterocycles. The minimum absolute atomic E-state index is 0.0662. The maximum Gasteiger partial charge on any atom is 0.274 e. The second-order valence-electron chi connectivity index (χ2n) is 5.40. The van der Waals surface area contributed by atoms with Gasteiger partial charge in [-0.2, -0.15) is 5.10 Å². The van der Waals surface area contributed by atoms with Crippen molar-refractivity contribution in [3.8, 4) is 5.69 Å². The van der Waals surface area contributed by atoms with Crippen molar-refractivity contribution in [2.45, 2.75) is 20.3 Å². The topological polar surface area (TPSA) is 64.2 Å². The number of nitrogens with zero attached hydrogens (tertiary/aromatic N) is 3. The Morgan fingerprint density at radius 2 is 2.10 bits per heavy atom. The third kappa shape index (κ3) is 3.42. The van der Waals surface area contributed by atoms with Gasteiger partial charge in [0.05, 0.1) is 11.4 Å². The molecule has 2 N–H and O–H groups in total. The van der Waals surface area contributed by atoms with Crippen LogP contribution in [0, 0.1) is 5.92 Å². The number of carbonyl (C=O) groups is 1. The van der Waals surface area contributed by atoms with Crippen molar-refractivity contribution in [3.63, 3.8) is 0 Å². The van der Waals surface area contributed by atoms with Crippen LogP contribution < -0.4 is 5.73 Å². The van der Waals surface area contributed by atoms with Gasteiger partial charge in [-0.1, -0.05) is 32.4 Å². The minimum Gasteiger partial charge on any atom is -0.397 e. The Morgan fingerprint density at radius 3 is 2.76 bits per heavy atom. The lowest BCUT2D eigenvalue weighted by Gasteiger charge is -2.19. The van der Waals surface area contributed by atoms with Gasteiger partial charge in [-0.15, -0.1) is 0 Å². The lowest BCUT2D eigenvalue weighted by Crippen LogP contribution is -2.31. The summed E-state index contributed by atoms with van der Waals surface area (Å²) in [7, 11) is 1.81. The number of nitrogen functional groups attached to an aromatic ring is 1. The highest BCUT2D eigenvalue weighted by Gasteiger charge is 2.17. The number of hydrogen-bond donors (Lipinski definition) is 1. The normalized spacial score (nSPS) is 12.1. The fourth-order valence-corrected chi connectivity index (χ4v) is 2.14. The highest BCUT2D eigenvalue weighted by atomic mass is 16.2. The van der Waals surface area contributed by atoms with E-state index in [-0.39, 0.29) is 5.91 Å². The first kappa shape index (κ1) is 15.1. The molecule has 5 heteroatoms. The van der Waals surface area contributed by atoms with Crippen LogP contribution in [0.4, 0.5) is 5.69 Å². The summed E-state index contributed by atoms with van der Waals surface area (Å²) in [4.78, 5) is 14.1. The Morgan fingerprint density at radius 1 is 1.38 bits per heavy atom. The molecule has 0 spiro atoms. The molecular formula is C16H22N4O. The molecule has 1 atom stereocenters. The summed E-state index contributed by atoms with van der Waals surface area (Å²) in [5.41, 5.74) is 7.77. The summed E-state index contributed by atoms with van der Waals surface area (Å²) in [5, 5.41) is 4.34. The molecule has 0 saturated heterocycles. The van der Waals surface area contributed by atoms with Crippen LogP contribution in [0.15, 0.2) is 36.5 Å². The van der Waals surface area contributed by atoms with Gasteiger partial charge >= 0.3 is 0 Å². The predicted octanol–water partition coefficient (Wildman–Crippen LogP) is 2.57. The van der Waals surface area contributed by atoms with Gasteiger partial charge in [0.2, 0.25) is 0 Å². The van der Waals surface area contributed by atoms with Crippen LogP contribution in [0.2, 0.25) is 0 Å². The Hall–Kier alpha value is -2.30. The highest BCUT2D eigenvalue weighted by molar-refractivity contribution is 5.92. The van der Waals surface area contributed by atoms with E-state index in [1.165, 1.54) is 0 Å². The van der Waals surface area contributed by atoms with Gasteiger partial charge in [0.15, 0.2) is 5.69 Å². The zero-order chi connectivity index (χ0) is 15.4. The van der Waals surface area contributed by atoms with E-state index in [0.717, 1.165) is 18.7 Å². The van der Waals surface area contributed by atoms with Crippen molar-refractivity contribution in [2.75, 3.05) is 19.3 Å². The smallest absolute Gasteiger partial charge is 0.274 e. The number of rotatable bonds is 5. The van der Waals surface area contributed by atoms with E-state index in [0.29, 0.717) is 17.3 Å². The molecule has 0 bridgehead atoms. The van der Waals surface area contributed by atoms with Crippen molar-refractivity contribution in [1.29, 1.82) is 0 Å². The molecule has 21 heavy (non-hydrogen) atoms. The molecule has 1 aromatic carbocycles. The third-order valence-electron chi connectivity index (χ3n) is 3.62. The number of para-hydroxylation sites is 2. The summed E-state index contributed by atoms with van der Waals surface area (Å²) in [6, 6.07) is 9.17. The lowest BCUT2D eigenvalue weighted by molar-refractivity contribution is 0.0768. The van der Waals surface area contributed by atoms with Crippen LogP contribution in [0.1, 0.15) is 30.8 Å². The second kappa shape index (κ2) is 6.43. The first-order valence-electron chi connectivity index (χ1n) is 7.19. The van der Waals surface area contributed by atoms with Gasteiger partial charge in [0.25, 0.3) is 5.91 Å². The molecule has 0 aliphatic carbocycles. The van der Waals surface area contributed by atoms with E-state index in [1.807, 2.05) is 31.3 Å². The maximum atomic E-state index is 12.3.